The smallest absolute Gasteiger partial charge is 0.235 e. The molecule has 5 heterocycles. The van der Waals surface area contributed by atoms with Gasteiger partial charge in [0.2, 0.25) is 17.8 Å². The van der Waals surface area contributed by atoms with Crippen molar-refractivity contribution in [2.24, 2.45) is 16.6 Å². The van der Waals surface area contributed by atoms with E-state index in [1.54, 1.807) is 12.0 Å². The molecule has 7 rings (SSSR count). The summed E-state index contributed by atoms with van der Waals surface area (Å²) in [6.45, 7) is 8.62. The Bertz CT molecular complexity index is 1100. The fourth-order valence-corrected chi connectivity index (χ4v) is 5.95. The molecule has 0 radical (unpaired) electrons. The van der Waals surface area contributed by atoms with Crippen LogP contribution in [0.25, 0.3) is 0 Å². The minimum atomic E-state index is -0.356. The topological polar surface area (TPSA) is 106 Å². The largest absolute Gasteiger partial charge is 0.487 e. The number of allylic oxidation sites excluding steroid dienone is 1. The number of methoxy groups -OCH3 is 1. The number of hydrogen-bond donors (Lipinski definition) is 2. The van der Waals surface area contributed by atoms with Crippen LogP contribution in [0.2, 0.25) is 0 Å². The van der Waals surface area contributed by atoms with E-state index in [4.69, 9.17) is 20.2 Å². The third kappa shape index (κ3) is 6.06. The molecular weight excluding hydrogens is 480 g/mol. The molecule has 8 nitrogen and oxygen atoms in total. The molecule has 0 spiro atoms. The highest BCUT2D eigenvalue weighted by atomic mass is 16.5. The average molecular weight is 525 g/mol. The van der Waals surface area contributed by atoms with Gasteiger partial charge in [0.05, 0.1) is 25.1 Å². The van der Waals surface area contributed by atoms with Gasteiger partial charge in [-0.05, 0) is 63.2 Å². The molecule has 38 heavy (non-hydrogen) atoms. The molecule has 208 valence electrons. The highest BCUT2D eigenvalue weighted by Crippen LogP contribution is 2.42. The van der Waals surface area contributed by atoms with Crippen LogP contribution in [-0.2, 0) is 20.7 Å². The van der Waals surface area contributed by atoms with E-state index in [0.717, 1.165) is 54.7 Å². The molecule has 8 heteroatoms. The van der Waals surface area contributed by atoms with E-state index in [0.29, 0.717) is 32.3 Å². The molecule has 1 aliphatic carbocycles. The summed E-state index contributed by atoms with van der Waals surface area (Å²) in [5.41, 5.74) is 10.2. The first kappa shape index (κ1) is 28.1. The minimum absolute atomic E-state index is 0.00946. The zero-order valence-electron chi connectivity index (χ0n) is 23.6. The van der Waals surface area contributed by atoms with Crippen molar-refractivity contribution in [3.8, 4) is 5.75 Å². The number of carbonyl (C=O) groups excluding carboxylic acids is 2. The lowest BCUT2D eigenvalue weighted by molar-refractivity contribution is -0.127. The predicted molar refractivity (Wildman–Crippen MR) is 149 cm³/mol. The summed E-state index contributed by atoms with van der Waals surface area (Å²) in [5.74, 6) is 1.05. The van der Waals surface area contributed by atoms with Gasteiger partial charge in [-0.1, -0.05) is 32.4 Å². The Kier molecular flexibility index (Phi) is 8.81. The Morgan fingerprint density at radius 2 is 1.95 bits per heavy atom. The van der Waals surface area contributed by atoms with Crippen LogP contribution in [0.3, 0.4) is 0 Å². The lowest BCUT2D eigenvalue weighted by Gasteiger charge is -2.40. The Balaban J connectivity index is 0.00000164. The van der Waals surface area contributed by atoms with Crippen molar-refractivity contribution in [2.75, 3.05) is 13.7 Å². The van der Waals surface area contributed by atoms with Gasteiger partial charge in [0.15, 0.2) is 0 Å². The molecular formula is C30H44N4O4. The summed E-state index contributed by atoms with van der Waals surface area (Å²) >= 11 is 0. The van der Waals surface area contributed by atoms with Crippen molar-refractivity contribution in [1.82, 2.24) is 10.2 Å². The quantitative estimate of drug-likeness (QED) is 0.592. The fourth-order valence-electron chi connectivity index (χ4n) is 5.95. The van der Waals surface area contributed by atoms with Crippen molar-refractivity contribution in [1.29, 1.82) is 0 Å². The molecule has 5 aliphatic heterocycles. The summed E-state index contributed by atoms with van der Waals surface area (Å²) < 4.78 is 11.6. The molecule has 6 bridgehead atoms. The number of guanidine groups is 1. The maximum absolute atomic E-state index is 13.3. The molecule has 2 amide bonds. The van der Waals surface area contributed by atoms with Crippen molar-refractivity contribution in [3.63, 3.8) is 0 Å². The number of hydrogen-bond acceptors (Lipinski definition) is 6. The molecule has 1 saturated carbocycles. The second-order valence-electron chi connectivity index (χ2n) is 11.2. The van der Waals surface area contributed by atoms with E-state index >= 15 is 0 Å². The second kappa shape index (κ2) is 11.9. The van der Waals surface area contributed by atoms with Gasteiger partial charge in [-0.2, -0.15) is 0 Å². The summed E-state index contributed by atoms with van der Waals surface area (Å²) in [5, 5.41) is 3.33. The number of aliphatic imine (C=N–C) groups is 1. The SMILES string of the molecule is CC.COCCC1=C2CC(C2)C(=O)NC2CC(C)(C)Oc3ccc(cc32)CCCCC2CC(=O)N1C(N)=N2. The maximum atomic E-state index is 13.3. The third-order valence-electron chi connectivity index (χ3n) is 7.88. The summed E-state index contributed by atoms with van der Waals surface area (Å²) in [7, 11) is 1.65. The Labute approximate surface area is 227 Å². The predicted octanol–water partition coefficient (Wildman–Crippen LogP) is 4.77. The molecule has 1 aromatic rings. The van der Waals surface area contributed by atoms with Crippen LogP contribution in [0.5, 0.6) is 5.75 Å². The summed E-state index contributed by atoms with van der Waals surface area (Å²) in [6, 6.07) is 6.21. The number of ether oxygens (including phenoxy) is 2. The van der Waals surface area contributed by atoms with E-state index in [9.17, 15) is 9.59 Å². The van der Waals surface area contributed by atoms with Gasteiger partial charge in [0.1, 0.15) is 11.4 Å². The molecule has 1 fully saturated rings. The van der Waals surface area contributed by atoms with Crippen molar-refractivity contribution >= 4 is 17.8 Å². The molecule has 3 N–H and O–H groups in total. The van der Waals surface area contributed by atoms with Crippen LogP contribution < -0.4 is 15.8 Å². The van der Waals surface area contributed by atoms with E-state index < -0.39 is 0 Å². The lowest BCUT2D eigenvalue weighted by Crippen LogP contribution is -2.48. The standard InChI is InChI=1S/C28H38N4O4.C2H6/c1-28(2)16-22-21-12-17(8-9-24(21)36-28)6-4-5-7-20-15-25(33)32(27(29)30-20)23(10-11-35-3)18-13-19(14-18)26(34)31-22;1-2/h8-9,12,19-20,22H,4-7,10-11,13-16H2,1-3H3,(H2,29,30)(H,31,34);1-2H3. The maximum Gasteiger partial charge on any atom is 0.235 e. The zero-order chi connectivity index (χ0) is 27.4. The van der Waals surface area contributed by atoms with Crippen molar-refractivity contribution < 1.29 is 19.1 Å². The highest BCUT2D eigenvalue weighted by molar-refractivity contribution is 6.00. The van der Waals surface area contributed by atoms with Crippen LogP contribution in [0.1, 0.15) is 96.2 Å². The van der Waals surface area contributed by atoms with Crippen molar-refractivity contribution in [2.45, 2.75) is 103 Å². The molecule has 6 aliphatic rings. The van der Waals surface area contributed by atoms with Crippen LogP contribution in [0.15, 0.2) is 34.5 Å². The number of amides is 2. The van der Waals surface area contributed by atoms with Crippen molar-refractivity contribution in [3.05, 3.63) is 40.6 Å². The molecule has 2 unspecified atom stereocenters. The average Bonchev–Trinajstić information content (AvgIpc) is 2.84. The summed E-state index contributed by atoms with van der Waals surface area (Å²) in [6.07, 6.45) is 6.62. The first-order valence-electron chi connectivity index (χ1n) is 14.2. The monoisotopic (exact) mass is 524 g/mol. The normalized spacial score (nSPS) is 26.6. The highest BCUT2D eigenvalue weighted by Gasteiger charge is 2.40. The van der Waals surface area contributed by atoms with Crippen LogP contribution in [0.4, 0.5) is 0 Å². The number of nitrogens with two attached hydrogens (primary N) is 1. The van der Waals surface area contributed by atoms with E-state index in [1.807, 2.05) is 13.8 Å². The Morgan fingerprint density at radius 1 is 1.18 bits per heavy atom. The first-order chi connectivity index (χ1) is 18.2. The second-order valence-corrected chi connectivity index (χ2v) is 11.2. The van der Waals surface area contributed by atoms with Gasteiger partial charge in [-0.25, -0.2) is 4.99 Å². The van der Waals surface area contributed by atoms with Gasteiger partial charge in [0.25, 0.3) is 0 Å². The van der Waals surface area contributed by atoms with Crippen LogP contribution >= 0.6 is 0 Å². The van der Waals surface area contributed by atoms with E-state index in [2.05, 4.69) is 37.4 Å². The van der Waals surface area contributed by atoms with Crippen LogP contribution in [0, 0.1) is 5.92 Å². The Morgan fingerprint density at radius 3 is 2.66 bits per heavy atom. The molecule has 1 aromatic carbocycles. The zero-order valence-corrected chi connectivity index (χ0v) is 23.6. The first-order valence-corrected chi connectivity index (χ1v) is 14.2. The summed E-state index contributed by atoms with van der Waals surface area (Å²) in [4.78, 5) is 32.8. The fraction of sp³-hybridized carbons (Fsp3) is 0.633. The number of nitrogens with zero attached hydrogens (tertiary/aromatic N) is 2. The van der Waals surface area contributed by atoms with Gasteiger partial charge >= 0.3 is 0 Å². The number of aryl methyl sites for hydroxylation is 1. The number of benzene rings is 1. The van der Waals surface area contributed by atoms with Gasteiger partial charge in [-0.15, -0.1) is 0 Å². The third-order valence-corrected chi connectivity index (χ3v) is 7.88. The van der Waals surface area contributed by atoms with Gasteiger partial charge < -0.3 is 20.5 Å². The van der Waals surface area contributed by atoms with Gasteiger partial charge in [0, 0.05) is 37.1 Å². The van der Waals surface area contributed by atoms with E-state index in [-0.39, 0.29) is 41.4 Å². The number of rotatable bonds is 3. The van der Waals surface area contributed by atoms with E-state index in [1.165, 1.54) is 5.56 Å². The van der Waals surface area contributed by atoms with Crippen LogP contribution in [-0.4, -0.2) is 48.0 Å². The Hall–Kier alpha value is -2.87. The van der Waals surface area contributed by atoms with Gasteiger partial charge in [-0.3, -0.25) is 14.5 Å². The molecule has 2 atom stereocenters. The molecule has 0 saturated heterocycles. The lowest BCUT2D eigenvalue weighted by atomic mass is 9.77. The minimum Gasteiger partial charge on any atom is -0.487 e. The number of carbonyl (C=O) groups is 2. The molecule has 0 aromatic heterocycles. The number of nitrogens with one attached hydrogen (secondary N) is 1.